The third-order valence-electron chi connectivity index (χ3n) is 3.25. The van der Waals surface area contributed by atoms with Crippen molar-refractivity contribution < 1.29 is 9.53 Å². The van der Waals surface area contributed by atoms with Gasteiger partial charge >= 0.3 is 6.09 Å². The summed E-state index contributed by atoms with van der Waals surface area (Å²) in [6.45, 7) is 6.87. The first-order valence-corrected chi connectivity index (χ1v) is 7.35. The second kappa shape index (κ2) is 6.60. The first kappa shape index (κ1) is 16.0. The smallest absolute Gasteiger partial charge is 0.410 e. The van der Waals surface area contributed by atoms with Crippen molar-refractivity contribution in [3.05, 3.63) is 18.1 Å². The molecule has 22 heavy (non-hydrogen) atoms. The van der Waals surface area contributed by atoms with Gasteiger partial charge in [0.15, 0.2) is 0 Å². The molecule has 1 aliphatic heterocycles. The molecule has 0 atom stereocenters. The highest BCUT2D eigenvalue weighted by molar-refractivity contribution is 5.68. The first-order valence-electron chi connectivity index (χ1n) is 7.35. The monoisotopic (exact) mass is 303 g/mol. The highest BCUT2D eigenvalue weighted by Gasteiger charge is 2.26. The third-order valence-corrected chi connectivity index (χ3v) is 3.25. The number of likely N-dealkylation sites (tertiary alicyclic amines) is 1. The maximum atomic E-state index is 12.0. The zero-order valence-corrected chi connectivity index (χ0v) is 13.2. The Labute approximate surface area is 130 Å². The summed E-state index contributed by atoms with van der Waals surface area (Å²) < 4.78 is 5.37. The van der Waals surface area contributed by atoms with Gasteiger partial charge in [0.2, 0.25) is 5.82 Å². The van der Waals surface area contributed by atoms with Crippen LogP contribution >= 0.6 is 0 Å². The van der Waals surface area contributed by atoms with Crippen LogP contribution in [0.4, 0.5) is 10.6 Å². The second-order valence-corrected chi connectivity index (χ2v) is 6.26. The van der Waals surface area contributed by atoms with Crippen molar-refractivity contribution in [2.24, 2.45) is 0 Å². The predicted octanol–water partition coefficient (Wildman–Crippen LogP) is 2.16. The number of carbonyl (C=O) groups excluding carboxylic acids is 1. The fourth-order valence-corrected chi connectivity index (χ4v) is 2.23. The molecule has 2 rings (SSSR count). The summed E-state index contributed by atoms with van der Waals surface area (Å²) in [7, 11) is 0. The van der Waals surface area contributed by atoms with E-state index in [4.69, 9.17) is 10.00 Å². The molecule has 0 bridgehead atoms. The summed E-state index contributed by atoms with van der Waals surface area (Å²) in [4.78, 5) is 21.7. The van der Waals surface area contributed by atoms with Gasteiger partial charge in [-0.3, -0.25) is 0 Å². The lowest BCUT2D eigenvalue weighted by atomic mass is 10.1. The summed E-state index contributed by atoms with van der Waals surface area (Å²) in [5.74, 6) is 0.790. The van der Waals surface area contributed by atoms with Crippen molar-refractivity contribution >= 4 is 11.9 Å². The van der Waals surface area contributed by atoms with Gasteiger partial charge in [-0.05, 0) is 39.7 Å². The Morgan fingerprint density at radius 3 is 2.73 bits per heavy atom. The van der Waals surface area contributed by atoms with Crippen LogP contribution in [0.25, 0.3) is 0 Å². The number of anilines is 1. The van der Waals surface area contributed by atoms with Gasteiger partial charge in [0.1, 0.15) is 17.5 Å². The average Bonchev–Trinajstić information content (AvgIpc) is 2.46. The summed E-state index contributed by atoms with van der Waals surface area (Å²) in [5, 5.41) is 12.1. The van der Waals surface area contributed by atoms with Gasteiger partial charge in [-0.1, -0.05) is 0 Å². The van der Waals surface area contributed by atoms with Crippen molar-refractivity contribution in [1.82, 2.24) is 14.9 Å². The average molecular weight is 303 g/mol. The number of piperidine rings is 1. The van der Waals surface area contributed by atoms with Crippen LogP contribution in [-0.2, 0) is 4.74 Å². The fourth-order valence-electron chi connectivity index (χ4n) is 2.23. The number of nitrogens with zero attached hydrogens (tertiary/aromatic N) is 4. The Morgan fingerprint density at radius 1 is 1.45 bits per heavy atom. The van der Waals surface area contributed by atoms with Gasteiger partial charge in [-0.25, -0.2) is 14.8 Å². The van der Waals surface area contributed by atoms with Crippen LogP contribution in [0.15, 0.2) is 12.3 Å². The minimum atomic E-state index is -0.471. The Hall–Kier alpha value is -2.36. The van der Waals surface area contributed by atoms with Crippen molar-refractivity contribution in [2.45, 2.75) is 45.3 Å². The molecule has 1 amide bonds. The number of ether oxygens (including phenoxy) is 1. The van der Waals surface area contributed by atoms with Gasteiger partial charge in [0.25, 0.3) is 0 Å². The van der Waals surface area contributed by atoms with E-state index in [1.807, 2.05) is 26.8 Å². The van der Waals surface area contributed by atoms with E-state index in [9.17, 15) is 4.79 Å². The molecule has 1 aliphatic rings. The number of rotatable bonds is 2. The maximum absolute atomic E-state index is 12.0. The zero-order chi connectivity index (χ0) is 16.2. The normalized spacial score (nSPS) is 16.0. The van der Waals surface area contributed by atoms with E-state index in [1.54, 1.807) is 17.2 Å². The second-order valence-electron chi connectivity index (χ2n) is 6.26. The number of carbonyl (C=O) groups is 1. The summed E-state index contributed by atoms with van der Waals surface area (Å²) in [6.07, 6.45) is 2.92. The SMILES string of the molecule is CC(C)(C)OC(=O)N1CCC(Nc2ccnc(C#N)n2)CC1. The summed E-state index contributed by atoms with van der Waals surface area (Å²) >= 11 is 0. The topological polar surface area (TPSA) is 91.1 Å². The van der Waals surface area contributed by atoms with Gasteiger partial charge < -0.3 is 15.0 Å². The fraction of sp³-hybridized carbons (Fsp3) is 0.600. The number of nitrogens with one attached hydrogen (secondary N) is 1. The zero-order valence-electron chi connectivity index (χ0n) is 13.2. The van der Waals surface area contributed by atoms with E-state index >= 15 is 0 Å². The first-order chi connectivity index (χ1) is 10.4. The van der Waals surface area contributed by atoms with E-state index in [2.05, 4.69) is 15.3 Å². The molecule has 2 heterocycles. The molecule has 0 unspecified atom stereocenters. The van der Waals surface area contributed by atoms with E-state index in [-0.39, 0.29) is 18.0 Å². The molecule has 7 nitrogen and oxygen atoms in total. The number of nitriles is 1. The molecule has 118 valence electrons. The van der Waals surface area contributed by atoms with Crippen LogP contribution in [0.1, 0.15) is 39.4 Å². The van der Waals surface area contributed by atoms with Crippen molar-refractivity contribution in [3.63, 3.8) is 0 Å². The molecule has 0 aliphatic carbocycles. The lowest BCUT2D eigenvalue weighted by Crippen LogP contribution is -2.44. The van der Waals surface area contributed by atoms with Gasteiger partial charge in [-0.2, -0.15) is 5.26 Å². The van der Waals surface area contributed by atoms with Crippen LogP contribution in [0.5, 0.6) is 0 Å². The molecule has 7 heteroatoms. The van der Waals surface area contributed by atoms with Crippen molar-refractivity contribution in [3.8, 4) is 6.07 Å². The largest absolute Gasteiger partial charge is 0.444 e. The van der Waals surface area contributed by atoms with Crippen molar-refractivity contribution in [2.75, 3.05) is 18.4 Å². The number of hydrogen-bond donors (Lipinski definition) is 1. The molecule has 1 fully saturated rings. The molecule has 1 saturated heterocycles. The lowest BCUT2D eigenvalue weighted by molar-refractivity contribution is 0.0210. The van der Waals surface area contributed by atoms with E-state index in [0.29, 0.717) is 18.9 Å². The Morgan fingerprint density at radius 2 is 2.14 bits per heavy atom. The van der Waals surface area contributed by atoms with Gasteiger partial charge in [0, 0.05) is 25.3 Å². The van der Waals surface area contributed by atoms with Crippen LogP contribution < -0.4 is 5.32 Å². The van der Waals surface area contributed by atoms with E-state index in [1.165, 1.54) is 0 Å². The highest BCUT2D eigenvalue weighted by atomic mass is 16.6. The Balaban J connectivity index is 1.84. The molecule has 0 aromatic carbocycles. The predicted molar refractivity (Wildman–Crippen MR) is 81.2 cm³/mol. The molecule has 1 N–H and O–H groups in total. The van der Waals surface area contributed by atoms with E-state index < -0.39 is 5.60 Å². The van der Waals surface area contributed by atoms with Gasteiger partial charge in [-0.15, -0.1) is 0 Å². The van der Waals surface area contributed by atoms with Crippen LogP contribution in [-0.4, -0.2) is 45.7 Å². The van der Waals surface area contributed by atoms with Crippen LogP contribution in [0.3, 0.4) is 0 Å². The quantitative estimate of drug-likeness (QED) is 0.900. The molecule has 0 saturated carbocycles. The minimum Gasteiger partial charge on any atom is -0.444 e. The van der Waals surface area contributed by atoms with Crippen LogP contribution in [0, 0.1) is 11.3 Å². The minimum absolute atomic E-state index is 0.149. The third kappa shape index (κ3) is 4.58. The molecule has 0 radical (unpaired) electrons. The number of hydrogen-bond acceptors (Lipinski definition) is 6. The van der Waals surface area contributed by atoms with Gasteiger partial charge in [0.05, 0.1) is 0 Å². The standard InChI is InChI=1S/C15H21N5O2/c1-15(2,3)22-14(21)20-8-5-11(6-9-20)18-12-4-7-17-13(10-16)19-12/h4,7,11H,5-6,8-9H2,1-3H3,(H,17,18,19). The molecule has 1 aromatic heterocycles. The lowest BCUT2D eigenvalue weighted by Gasteiger charge is -2.33. The number of amides is 1. The molecule has 0 spiro atoms. The maximum Gasteiger partial charge on any atom is 0.410 e. The van der Waals surface area contributed by atoms with Crippen LogP contribution in [0.2, 0.25) is 0 Å². The highest BCUT2D eigenvalue weighted by Crippen LogP contribution is 2.17. The molecular formula is C15H21N5O2. The Kier molecular flexibility index (Phi) is 4.81. The van der Waals surface area contributed by atoms with E-state index in [0.717, 1.165) is 12.8 Å². The number of aromatic nitrogens is 2. The summed E-state index contributed by atoms with van der Waals surface area (Å²) in [5.41, 5.74) is -0.471. The van der Waals surface area contributed by atoms with Crippen molar-refractivity contribution in [1.29, 1.82) is 5.26 Å². The molecule has 1 aromatic rings. The summed E-state index contributed by atoms with van der Waals surface area (Å²) in [6, 6.07) is 3.88. The Bertz CT molecular complexity index is 568. The molecular weight excluding hydrogens is 282 g/mol.